The third-order valence-corrected chi connectivity index (χ3v) is 2.81. The highest BCUT2D eigenvalue weighted by Gasteiger charge is 2.22. The number of aromatic carboxylic acids is 1. The fourth-order valence-corrected chi connectivity index (χ4v) is 1.87. The zero-order valence-corrected chi connectivity index (χ0v) is 10.5. The summed E-state index contributed by atoms with van der Waals surface area (Å²) in [7, 11) is 1.52. The molecule has 2 rings (SSSR count). The number of hydrogen-bond acceptors (Lipinski definition) is 4. The summed E-state index contributed by atoms with van der Waals surface area (Å²) in [5, 5.41) is 13.1. The van der Waals surface area contributed by atoms with E-state index in [4.69, 9.17) is 26.0 Å². The number of benzene rings is 1. The lowest BCUT2D eigenvalue weighted by molar-refractivity contribution is 0.0696. The van der Waals surface area contributed by atoms with Crippen LogP contribution in [0.5, 0.6) is 5.75 Å². The van der Waals surface area contributed by atoms with E-state index in [1.807, 2.05) is 0 Å². The molecule has 0 saturated carbocycles. The molecule has 5 nitrogen and oxygen atoms in total. The molecule has 6 heteroatoms. The normalized spacial score (nSPS) is 10.4. The molecule has 1 aromatic heterocycles. The molecule has 0 fully saturated rings. The van der Waals surface area contributed by atoms with E-state index >= 15 is 0 Å². The van der Waals surface area contributed by atoms with Gasteiger partial charge in [0, 0.05) is 5.56 Å². The molecule has 18 heavy (non-hydrogen) atoms. The Kier molecular flexibility index (Phi) is 3.25. The molecule has 0 unspecified atom stereocenters. The van der Waals surface area contributed by atoms with Gasteiger partial charge in [0.15, 0.2) is 5.76 Å². The third-order valence-electron chi connectivity index (χ3n) is 2.50. The van der Waals surface area contributed by atoms with E-state index in [0.29, 0.717) is 22.0 Å². The maximum absolute atomic E-state index is 11.1. The van der Waals surface area contributed by atoms with Crippen molar-refractivity contribution in [3.05, 3.63) is 34.5 Å². The molecule has 0 radical (unpaired) electrons. The van der Waals surface area contributed by atoms with Gasteiger partial charge in [0.2, 0.25) is 0 Å². The van der Waals surface area contributed by atoms with Crippen LogP contribution in [0.15, 0.2) is 22.7 Å². The Balaban J connectivity index is 2.59. The van der Waals surface area contributed by atoms with Gasteiger partial charge >= 0.3 is 5.97 Å². The molecular formula is C12H10ClNO4. The summed E-state index contributed by atoms with van der Waals surface area (Å²) in [5.41, 5.74) is 0.793. The smallest absolute Gasteiger partial charge is 0.341 e. The lowest BCUT2D eigenvalue weighted by atomic mass is 10.1. The van der Waals surface area contributed by atoms with Crippen molar-refractivity contribution in [3.63, 3.8) is 0 Å². The van der Waals surface area contributed by atoms with Gasteiger partial charge < -0.3 is 14.4 Å². The van der Waals surface area contributed by atoms with Crippen LogP contribution in [0.3, 0.4) is 0 Å². The zero-order valence-electron chi connectivity index (χ0n) is 9.73. The number of aromatic nitrogens is 1. The second-order valence-electron chi connectivity index (χ2n) is 3.62. The molecule has 0 spiro atoms. The summed E-state index contributed by atoms with van der Waals surface area (Å²) in [5.74, 6) is -0.375. The summed E-state index contributed by atoms with van der Waals surface area (Å²) < 4.78 is 10.1. The summed E-state index contributed by atoms with van der Waals surface area (Å²) in [6, 6.07) is 4.89. The molecular weight excluding hydrogens is 258 g/mol. The number of carboxylic acids is 1. The first-order valence-corrected chi connectivity index (χ1v) is 5.46. The highest BCUT2D eigenvalue weighted by molar-refractivity contribution is 6.33. The fourth-order valence-electron chi connectivity index (χ4n) is 1.61. The monoisotopic (exact) mass is 267 g/mol. The van der Waals surface area contributed by atoms with Gasteiger partial charge in [-0.1, -0.05) is 16.8 Å². The molecule has 0 aliphatic heterocycles. The van der Waals surface area contributed by atoms with Crippen molar-refractivity contribution in [2.24, 2.45) is 0 Å². The van der Waals surface area contributed by atoms with E-state index in [-0.39, 0.29) is 11.3 Å². The van der Waals surface area contributed by atoms with E-state index in [1.54, 1.807) is 25.1 Å². The number of hydrogen-bond donors (Lipinski definition) is 1. The first-order valence-electron chi connectivity index (χ1n) is 5.08. The number of carboxylic acid groups (broad SMARTS) is 1. The zero-order chi connectivity index (χ0) is 13.3. The lowest BCUT2D eigenvalue weighted by Gasteiger charge is -2.04. The first-order chi connectivity index (χ1) is 8.54. The Labute approximate surface area is 108 Å². The van der Waals surface area contributed by atoms with E-state index in [9.17, 15) is 4.79 Å². The molecule has 0 aliphatic rings. The molecule has 0 bridgehead atoms. The van der Waals surface area contributed by atoms with Crippen molar-refractivity contribution in [3.8, 4) is 17.1 Å². The Morgan fingerprint density at radius 3 is 2.78 bits per heavy atom. The van der Waals surface area contributed by atoms with E-state index in [2.05, 4.69) is 5.16 Å². The molecule has 2 aromatic rings. The van der Waals surface area contributed by atoms with Crippen LogP contribution in [-0.2, 0) is 0 Å². The van der Waals surface area contributed by atoms with Crippen molar-refractivity contribution in [2.45, 2.75) is 6.92 Å². The number of carbonyl (C=O) groups is 1. The number of methoxy groups -OCH3 is 1. The van der Waals surface area contributed by atoms with Crippen LogP contribution in [0, 0.1) is 6.92 Å². The number of halogens is 1. The average molecular weight is 268 g/mol. The van der Waals surface area contributed by atoms with Crippen molar-refractivity contribution >= 4 is 17.6 Å². The van der Waals surface area contributed by atoms with Crippen molar-refractivity contribution in [1.29, 1.82) is 0 Å². The minimum absolute atomic E-state index is 0.0158. The minimum atomic E-state index is -1.10. The van der Waals surface area contributed by atoms with Crippen LogP contribution in [0.1, 0.15) is 16.1 Å². The van der Waals surface area contributed by atoms with Crippen LogP contribution in [-0.4, -0.2) is 23.3 Å². The fraction of sp³-hybridized carbons (Fsp3) is 0.167. The predicted molar refractivity (Wildman–Crippen MR) is 65.2 cm³/mol. The van der Waals surface area contributed by atoms with Gasteiger partial charge in [0.25, 0.3) is 0 Å². The van der Waals surface area contributed by atoms with Gasteiger partial charge in [-0.15, -0.1) is 0 Å². The largest absolute Gasteiger partial charge is 0.497 e. The SMILES string of the molecule is COc1ccc(-c2onc(C)c2C(=O)O)c(Cl)c1. The van der Waals surface area contributed by atoms with Gasteiger partial charge in [-0.2, -0.15) is 0 Å². The van der Waals surface area contributed by atoms with Crippen molar-refractivity contribution < 1.29 is 19.2 Å². The number of aryl methyl sites for hydroxylation is 1. The molecule has 1 aromatic carbocycles. The van der Waals surface area contributed by atoms with Crippen molar-refractivity contribution in [1.82, 2.24) is 5.16 Å². The van der Waals surface area contributed by atoms with Gasteiger partial charge in [-0.3, -0.25) is 0 Å². The van der Waals surface area contributed by atoms with E-state index in [0.717, 1.165) is 0 Å². The quantitative estimate of drug-likeness (QED) is 0.925. The maximum Gasteiger partial charge on any atom is 0.341 e. The molecule has 0 atom stereocenters. The van der Waals surface area contributed by atoms with Crippen LogP contribution >= 0.6 is 11.6 Å². The first kappa shape index (κ1) is 12.4. The lowest BCUT2D eigenvalue weighted by Crippen LogP contribution is -1.99. The molecule has 1 heterocycles. The Hall–Kier alpha value is -2.01. The van der Waals surface area contributed by atoms with Gasteiger partial charge in [0.1, 0.15) is 11.3 Å². The maximum atomic E-state index is 11.1. The second kappa shape index (κ2) is 4.70. The summed E-state index contributed by atoms with van der Waals surface area (Å²) in [4.78, 5) is 11.1. The topological polar surface area (TPSA) is 72.6 Å². The average Bonchev–Trinajstić information content (AvgIpc) is 2.70. The van der Waals surface area contributed by atoms with E-state index < -0.39 is 5.97 Å². The van der Waals surface area contributed by atoms with E-state index in [1.165, 1.54) is 7.11 Å². The van der Waals surface area contributed by atoms with Crippen LogP contribution in [0.4, 0.5) is 0 Å². The molecule has 0 amide bonds. The highest BCUT2D eigenvalue weighted by Crippen LogP contribution is 2.34. The van der Waals surface area contributed by atoms with Gasteiger partial charge in [-0.25, -0.2) is 4.79 Å². The van der Waals surface area contributed by atoms with Crippen LogP contribution in [0.2, 0.25) is 5.02 Å². The number of ether oxygens (including phenoxy) is 1. The molecule has 94 valence electrons. The molecule has 0 saturated heterocycles. The standard InChI is InChI=1S/C12H10ClNO4/c1-6-10(12(15)16)11(18-14-6)8-4-3-7(17-2)5-9(8)13/h3-5H,1-2H3,(H,15,16). The number of rotatable bonds is 3. The minimum Gasteiger partial charge on any atom is -0.497 e. The molecule has 0 aliphatic carbocycles. The third kappa shape index (κ3) is 2.04. The van der Waals surface area contributed by atoms with Crippen LogP contribution in [0.25, 0.3) is 11.3 Å². The predicted octanol–water partition coefficient (Wildman–Crippen LogP) is 3.01. The second-order valence-corrected chi connectivity index (χ2v) is 4.03. The summed E-state index contributed by atoms with van der Waals surface area (Å²) in [6.45, 7) is 1.56. The van der Waals surface area contributed by atoms with Crippen molar-refractivity contribution in [2.75, 3.05) is 7.11 Å². The van der Waals surface area contributed by atoms with Gasteiger partial charge in [-0.05, 0) is 25.1 Å². The molecule has 1 N–H and O–H groups in total. The Bertz CT molecular complexity index is 606. The number of nitrogens with zero attached hydrogens (tertiary/aromatic N) is 1. The summed E-state index contributed by atoms with van der Waals surface area (Å²) in [6.07, 6.45) is 0. The highest BCUT2D eigenvalue weighted by atomic mass is 35.5. The van der Waals surface area contributed by atoms with Crippen LogP contribution < -0.4 is 4.74 Å². The summed E-state index contributed by atoms with van der Waals surface area (Å²) >= 11 is 6.07. The Morgan fingerprint density at radius 2 is 2.22 bits per heavy atom. The Morgan fingerprint density at radius 1 is 1.50 bits per heavy atom. The van der Waals surface area contributed by atoms with Gasteiger partial charge in [0.05, 0.1) is 17.8 Å².